The zero-order chi connectivity index (χ0) is 41.0. The van der Waals surface area contributed by atoms with Crippen LogP contribution in [-0.2, 0) is 0 Å². The number of fused-ring (bicyclic) bond motifs is 4. The molecule has 12 rings (SSSR count). The van der Waals surface area contributed by atoms with Gasteiger partial charge in [0.1, 0.15) is 0 Å². The molecular weight excluding hydrogens is 753 g/mol. The van der Waals surface area contributed by atoms with Crippen molar-refractivity contribution in [3.8, 4) is 22.3 Å². The molecule has 0 radical (unpaired) electrons. The van der Waals surface area contributed by atoms with Crippen LogP contribution in [0.5, 0.6) is 0 Å². The molecule has 0 amide bonds. The maximum absolute atomic E-state index is 2.48. The molecular formula is C58H42N4. The normalized spacial score (nSPS) is 14.4. The Hall–Kier alpha value is -8.08. The quantitative estimate of drug-likeness (QED) is 0.152. The van der Waals surface area contributed by atoms with Crippen LogP contribution in [0.1, 0.15) is 6.42 Å². The molecule has 0 saturated heterocycles. The van der Waals surface area contributed by atoms with Crippen LogP contribution in [0.4, 0.5) is 62.6 Å². The number of benzene rings is 9. The van der Waals surface area contributed by atoms with E-state index in [0.717, 1.165) is 46.2 Å². The number of hydrogen-bond donors (Lipinski definition) is 0. The topological polar surface area (TPSA) is 13.0 Å². The first-order valence-corrected chi connectivity index (χ1v) is 21.5. The van der Waals surface area contributed by atoms with E-state index in [9.17, 15) is 0 Å². The summed E-state index contributed by atoms with van der Waals surface area (Å²) in [7, 11) is 0. The monoisotopic (exact) mass is 794 g/mol. The largest absolute Gasteiger partial charge is 0.334 e. The molecule has 4 heteroatoms. The predicted octanol–water partition coefficient (Wildman–Crippen LogP) is 16.2. The molecule has 9 aromatic carbocycles. The minimum atomic E-state index is 0.199. The Balaban J connectivity index is 1.09. The van der Waals surface area contributed by atoms with E-state index in [1.54, 1.807) is 0 Å². The second kappa shape index (κ2) is 14.9. The van der Waals surface area contributed by atoms with Crippen LogP contribution >= 0.6 is 0 Å². The van der Waals surface area contributed by atoms with Gasteiger partial charge in [-0.25, -0.2) is 0 Å². The lowest BCUT2D eigenvalue weighted by molar-refractivity contribution is 0.785. The fourth-order valence-corrected chi connectivity index (χ4v) is 9.89. The van der Waals surface area contributed by atoms with Crippen LogP contribution < -0.4 is 19.6 Å². The lowest BCUT2D eigenvalue weighted by Crippen LogP contribution is -2.30. The first kappa shape index (κ1) is 35.8. The Kier molecular flexibility index (Phi) is 8.60. The minimum absolute atomic E-state index is 0.199. The highest BCUT2D eigenvalue weighted by Crippen LogP contribution is 2.59. The van der Waals surface area contributed by atoms with E-state index in [4.69, 9.17) is 0 Å². The van der Waals surface area contributed by atoms with Gasteiger partial charge in [-0.05, 0) is 115 Å². The number of allylic oxidation sites excluding steroid dienone is 2. The van der Waals surface area contributed by atoms with Crippen molar-refractivity contribution < 1.29 is 0 Å². The van der Waals surface area contributed by atoms with Gasteiger partial charge in [0, 0.05) is 61.7 Å². The maximum atomic E-state index is 2.48. The Morgan fingerprint density at radius 2 is 0.790 bits per heavy atom. The van der Waals surface area contributed by atoms with E-state index in [0.29, 0.717) is 0 Å². The van der Waals surface area contributed by atoms with Crippen LogP contribution in [0, 0.1) is 0 Å². The van der Waals surface area contributed by atoms with Crippen molar-refractivity contribution in [2.75, 3.05) is 19.6 Å². The summed E-state index contributed by atoms with van der Waals surface area (Å²) in [4.78, 5) is 9.79. The molecule has 2 aliphatic heterocycles. The molecule has 4 nitrogen and oxygen atoms in total. The van der Waals surface area contributed by atoms with Gasteiger partial charge in [0.25, 0.3) is 0 Å². The fourth-order valence-electron chi connectivity index (χ4n) is 9.89. The highest BCUT2D eigenvalue weighted by molar-refractivity contribution is 6.24. The van der Waals surface area contributed by atoms with E-state index in [-0.39, 0.29) is 6.04 Å². The van der Waals surface area contributed by atoms with Gasteiger partial charge in [-0.1, -0.05) is 140 Å². The second-order valence-corrected chi connectivity index (χ2v) is 16.1. The smallest absolute Gasteiger partial charge is 0.0561 e. The zero-order valence-corrected chi connectivity index (χ0v) is 34.1. The average Bonchev–Trinajstić information content (AvgIpc) is 3.35. The van der Waals surface area contributed by atoms with Crippen molar-refractivity contribution in [2.45, 2.75) is 12.5 Å². The molecule has 1 atom stereocenters. The summed E-state index contributed by atoms with van der Waals surface area (Å²) in [6.07, 6.45) is 9.86. The van der Waals surface area contributed by atoms with Crippen molar-refractivity contribution in [1.82, 2.24) is 0 Å². The van der Waals surface area contributed by atoms with Crippen molar-refractivity contribution in [3.05, 3.63) is 237 Å². The fraction of sp³-hybridized carbons (Fsp3) is 0.0345. The van der Waals surface area contributed by atoms with Crippen LogP contribution in [0.15, 0.2) is 237 Å². The highest BCUT2D eigenvalue weighted by Gasteiger charge is 2.34. The molecule has 0 saturated carbocycles. The van der Waals surface area contributed by atoms with Crippen LogP contribution in [0.3, 0.4) is 0 Å². The molecule has 0 N–H and O–H groups in total. The Labute approximate surface area is 362 Å². The summed E-state index contributed by atoms with van der Waals surface area (Å²) >= 11 is 0. The Bertz CT molecular complexity index is 3120. The van der Waals surface area contributed by atoms with Gasteiger partial charge < -0.3 is 19.6 Å². The molecule has 0 spiro atoms. The maximum Gasteiger partial charge on any atom is 0.0561 e. The van der Waals surface area contributed by atoms with E-state index >= 15 is 0 Å². The van der Waals surface area contributed by atoms with Gasteiger partial charge >= 0.3 is 0 Å². The molecule has 3 aliphatic rings. The number of rotatable bonds is 8. The van der Waals surface area contributed by atoms with Gasteiger partial charge in [-0.3, -0.25) is 0 Å². The summed E-state index contributed by atoms with van der Waals surface area (Å²) in [5.41, 5.74) is 17.5. The van der Waals surface area contributed by atoms with E-state index in [1.165, 1.54) is 55.8 Å². The molecule has 2 heterocycles. The average molecular weight is 795 g/mol. The standard InChI is InChI=1S/C58H42N4/c1-7-19-41(20-8-1)59(42-21-9-2-10-22-42)47-31-33-49-51-35-36-52-50-34-32-48(60(43-23-11-3-12-24-43)44-25-13-4-14-26-44)40-56(50)62(46-29-17-6-18-30-46)54-38-37-53(57(51)58(52)54)61(55(49)39-47)45-27-15-5-16-28-45/h1-25,27-40,44H,26H2. The third-order valence-corrected chi connectivity index (χ3v) is 12.5. The zero-order valence-electron chi connectivity index (χ0n) is 34.1. The molecule has 0 fully saturated rings. The van der Waals surface area contributed by atoms with Crippen molar-refractivity contribution in [2.24, 2.45) is 0 Å². The summed E-state index contributed by atoms with van der Waals surface area (Å²) in [6, 6.07) is 77.5. The van der Waals surface area contributed by atoms with Gasteiger partial charge in [-0.2, -0.15) is 0 Å². The summed E-state index contributed by atoms with van der Waals surface area (Å²) in [6.45, 7) is 0. The molecule has 294 valence electrons. The minimum Gasteiger partial charge on any atom is -0.334 e. The lowest BCUT2D eigenvalue weighted by atomic mass is 9.83. The highest BCUT2D eigenvalue weighted by atomic mass is 15.2. The summed E-state index contributed by atoms with van der Waals surface area (Å²) in [5.74, 6) is 0. The van der Waals surface area contributed by atoms with E-state index < -0.39 is 0 Å². The first-order chi connectivity index (χ1) is 30.8. The number of anilines is 11. The third-order valence-electron chi connectivity index (χ3n) is 12.5. The molecule has 1 unspecified atom stereocenters. The van der Waals surface area contributed by atoms with Gasteiger partial charge in [0.2, 0.25) is 0 Å². The summed E-state index contributed by atoms with van der Waals surface area (Å²) in [5, 5.41) is 2.52. The van der Waals surface area contributed by atoms with Crippen molar-refractivity contribution >= 4 is 73.3 Å². The van der Waals surface area contributed by atoms with Crippen molar-refractivity contribution in [3.63, 3.8) is 0 Å². The van der Waals surface area contributed by atoms with Gasteiger partial charge in [-0.15, -0.1) is 0 Å². The molecule has 0 aromatic heterocycles. The van der Waals surface area contributed by atoms with E-state index in [2.05, 4.69) is 256 Å². The van der Waals surface area contributed by atoms with Crippen LogP contribution in [0.25, 0.3) is 33.0 Å². The molecule has 62 heavy (non-hydrogen) atoms. The number of nitrogens with zero attached hydrogens (tertiary/aromatic N) is 4. The van der Waals surface area contributed by atoms with E-state index in [1.807, 2.05) is 0 Å². The second-order valence-electron chi connectivity index (χ2n) is 16.1. The van der Waals surface area contributed by atoms with Crippen LogP contribution in [0.2, 0.25) is 0 Å². The van der Waals surface area contributed by atoms with Gasteiger partial charge in [0.15, 0.2) is 0 Å². The molecule has 9 aromatic rings. The third kappa shape index (κ3) is 5.83. The van der Waals surface area contributed by atoms with Crippen LogP contribution in [-0.4, -0.2) is 6.04 Å². The summed E-state index contributed by atoms with van der Waals surface area (Å²) < 4.78 is 0. The van der Waals surface area contributed by atoms with Gasteiger partial charge in [0.05, 0.1) is 28.8 Å². The molecule has 1 aliphatic carbocycles. The Morgan fingerprint density at radius 1 is 0.355 bits per heavy atom. The number of para-hydroxylation sites is 5. The van der Waals surface area contributed by atoms with Crippen molar-refractivity contribution in [1.29, 1.82) is 0 Å². The lowest BCUT2D eigenvalue weighted by Gasteiger charge is -2.40. The number of hydrogen-bond acceptors (Lipinski definition) is 4. The predicted molar refractivity (Wildman–Crippen MR) is 261 cm³/mol. The SMILES string of the molecule is C1=CCC(N(c2ccccc2)c2ccc3c(c2)N(c2ccccc2)c2ccc4c5c(ccc-3c25)-c2ccc(N(c3ccccc3)c3ccccc3)cc2N4c2ccccc2)C=C1. The molecule has 0 bridgehead atoms. The first-order valence-electron chi connectivity index (χ1n) is 21.5. The Morgan fingerprint density at radius 3 is 1.27 bits per heavy atom.